The van der Waals surface area contributed by atoms with Gasteiger partial charge in [-0.3, -0.25) is 4.79 Å². The number of nitrogens with two attached hydrogens (primary N) is 1. The molecule has 1 aliphatic rings. The van der Waals surface area contributed by atoms with Crippen LogP contribution in [-0.2, 0) is 9.53 Å². The van der Waals surface area contributed by atoms with Crippen molar-refractivity contribution in [2.75, 3.05) is 7.11 Å². The van der Waals surface area contributed by atoms with Gasteiger partial charge in [0.2, 0.25) is 5.88 Å². The van der Waals surface area contributed by atoms with Crippen molar-refractivity contribution in [3.63, 3.8) is 0 Å². The van der Waals surface area contributed by atoms with Gasteiger partial charge in [0.25, 0.3) is 0 Å². The van der Waals surface area contributed by atoms with Gasteiger partial charge in [0.1, 0.15) is 17.4 Å². The van der Waals surface area contributed by atoms with E-state index in [0.29, 0.717) is 16.9 Å². The third-order valence-electron chi connectivity index (χ3n) is 3.52. The Morgan fingerprint density at radius 2 is 2.18 bits per heavy atom. The molecule has 2 rings (SSSR count). The average molecular weight is 300 g/mol. The molecule has 0 amide bonds. The molecular weight excluding hydrogens is 284 g/mol. The van der Waals surface area contributed by atoms with E-state index in [-0.39, 0.29) is 28.7 Å². The molecule has 22 heavy (non-hydrogen) atoms. The zero-order chi connectivity index (χ0) is 16.4. The third-order valence-corrected chi connectivity index (χ3v) is 3.52. The van der Waals surface area contributed by atoms with Crippen molar-refractivity contribution in [2.24, 2.45) is 5.73 Å². The number of hydrogen-bond donors (Lipinski definition) is 2. The Hall–Kier alpha value is -2.94. The molecule has 0 fully saturated rings. The molecule has 114 valence electrons. The van der Waals surface area contributed by atoms with Crippen molar-refractivity contribution in [3.05, 3.63) is 46.6 Å². The molecule has 6 nitrogen and oxygen atoms in total. The molecule has 0 radical (unpaired) electrons. The second-order valence-corrected chi connectivity index (χ2v) is 4.88. The van der Waals surface area contributed by atoms with Crippen molar-refractivity contribution >= 4 is 5.78 Å². The maximum atomic E-state index is 12.0. The molecule has 0 spiro atoms. The summed E-state index contributed by atoms with van der Waals surface area (Å²) in [7, 11) is 1.42. The summed E-state index contributed by atoms with van der Waals surface area (Å²) in [5, 5.41) is 19.1. The molecule has 1 aromatic rings. The standard InChI is InChI=1S/C16H16N2O4/c1-8(19)14-9(2)22-16(18)11(7-17)15(14)10-4-5-12(20)13(6-10)21-3/h4-6,15,20H,18H2,1-3H3. The van der Waals surface area contributed by atoms with Crippen LogP contribution >= 0.6 is 0 Å². The summed E-state index contributed by atoms with van der Waals surface area (Å²) in [5.41, 5.74) is 6.91. The fourth-order valence-electron chi connectivity index (χ4n) is 2.54. The van der Waals surface area contributed by atoms with E-state index in [1.54, 1.807) is 19.1 Å². The zero-order valence-electron chi connectivity index (χ0n) is 12.5. The van der Waals surface area contributed by atoms with E-state index in [9.17, 15) is 15.2 Å². The van der Waals surface area contributed by atoms with Crippen LogP contribution in [0.5, 0.6) is 11.5 Å². The highest BCUT2D eigenvalue weighted by molar-refractivity contribution is 5.96. The quantitative estimate of drug-likeness (QED) is 0.885. The highest BCUT2D eigenvalue weighted by atomic mass is 16.5. The van der Waals surface area contributed by atoms with Gasteiger partial charge in [-0.2, -0.15) is 5.26 Å². The lowest BCUT2D eigenvalue weighted by molar-refractivity contribution is -0.114. The number of nitrogens with zero attached hydrogens (tertiary/aromatic N) is 1. The van der Waals surface area contributed by atoms with Gasteiger partial charge in [0.05, 0.1) is 13.0 Å². The van der Waals surface area contributed by atoms with Crippen molar-refractivity contribution in [2.45, 2.75) is 19.8 Å². The molecule has 1 heterocycles. The van der Waals surface area contributed by atoms with Gasteiger partial charge < -0.3 is 20.3 Å². The molecule has 0 saturated carbocycles. The van der Waals surface area contributed by atoms with Crippen LogP contribution in [0.4, 0.5) is 0 Å². The van der Waals surface area contributed by atoms with E-state index in [2.05, 4.69) is 0 Å². The molecule has 0 aromatic heterocycles. The molecule has 3 N–H and O–H groups in total. The van der Waals surface area contributed by atoms with Gasteiger partial charge in [0, 0.05) is 5.57 Å². The molecule has 0 saturated heterocycles. The highest BCUT2D eigenvalue weighted by Crippen LogP contribution is 2.41. The largest absolute Gasteiger partial charge is 0.504 e. The number of carbonyl (C=O) groups is 1. The predicted octanol–water partition coefficient (Wildman–Crippen LogP) is 2.07. The van der Waals surface area contributed by atoms with Crippen molar-refractivity contribution < 1.29 is 19.4 Å². The minimum Gasteiger partial charge on any atom is -0.504 e. The number of hydrogen-bond acceptors (Lipinski definition) is 6. The number of benzene rings is 1. The normalized spacial score (nSPS) is 17.8. The van der Waals surface area contributed by atoms with E-state index >= 15 is 0 Å². The van der Waals surface area contributed by atoms with Gasteiger partial charge in [-0.25, -0.2) is 0 Å². The summed E-state index contributed by atoms with van der Waals surface area (Å²) in [6.45, 7) is 3.03. The van der Waals surface area contributed by atoms with Crippen LogP contribution in [-0.4, -0.2) is 18.0 Å². The molecule has 1 aromatic carbocycles. The van der Waals surface area contributed by atoms with Crippen molar-refractivity contribution in [1.82, 2.24) is 0 Å². The number of rotatable bonds is 3. The number of phenols is 1. The SMILES string of the molecule is COc1cc(C2C(C#N)=C(N)OC(C)=C2C(C)=O)ccc1O. The fraction of sp³-hybridized carbons (Fsp3) is 0.250. The van der Waals surface area contributed by atoms with Crippen LogP contribution in [0.15, 0.2) is 41.0 Å². The second-order valence-electron chi connectivity index (χ2n) is 4.88. The molecule has 1 aliphatic heterocycles. The Bertz CT molecular complexity index is 741. The first-order chi connectivity index (χ1) is 10.4. The molecule has 0 bridgehead atoms. The van der Waals surface area contributed by atoms with E-state index in [1.807, 2.05) is 6.07 Å². The predicted molar refractivity (Wildman–Crippen MR) is 78.7 cm³/mol. The molecule has 1 unspecified atom stereocenters. The summed E-state index contributed by atoms with van der Waals surface area (Å²) in [4.78, 5) is 12.0. The summed E-state index contributed by atoms with van der Waals surface area (Å²) in [5.74, 6) is -0.303. The maximum absolute atomic E-state index is 12.0. The fourth-order valence-corrected chi connectivity index (χ4v) is 2.54. The summed E-state index contributed by atoms with van der Waals surface area (Å²) >= 11 is 0. The summed E-state index contributed by atoms with van der Waals surface area (Å²) < 4.78 is 10.4. The zero-order valence-corrected chi connectivity index (χ0v) is 12.5. The molecular formula is C16H16N2O4. The number of aromatic hydroxyl groups is 1. The minimum atomic E-state index is -0.647. The Morgan fingerprint density at radius 1 is 1.50 bits per heavy atom. The third kappa shape index (κ3) is 2.49. The number of allylic oxidation sites excluding steroid dienone is 3. The van der Waals surface area contributed by atoms with Crippen LogP contribution in [0.2, 0.25) is 0 Å². The Balaban J connectivity index is 2.68. The van der Waals surface area contributed by atoms with Crippen LogP contribution in [0.3, 0.4) is 0 Å². The van der Waals surface area contributed by atoms with E-state index in [4.69, 9.17) is 15.2 Å². The highest BCUT2D eigenvalue weighted by Gasteiger charge is 2.34. The number of carbonyl (C=O) groups excluding carboxylic acids is 1. The number of Topliss-reactive ketones (excluding diaryl/α,β-unsaturated/α-hetero) is 1. The lowest BCUT2D eigenvalue weighted by Crippen LogP contribution is -2.23. The van der Waals surface area contributed by atoms with Gasteiger partial charge in [-0.15, -0.1) is 0 Å². The van der Waals surface area contributed by atoms with Crippen molar-refractivity contribution in [3.8, 4) is 17.6 Å². The first kappa shape index (κ1) is 15.4. The topological polar surface area (TPSA) is 106 Å². The van der Waals surface area contributed by atoms with Crippen LogP contribution in [0.1, 0.15) is 25.3 Å². The Labute approximate surface area is 128 Å². The first-order valence-corrected chi connectivity index (χ1v) is 6.56. The summed E-state index contributed by atoms with van der Waals surface area (Å²) in [6, 6.07) is 6.64. The smallest absolute Gasteiger partial charge is 0.205 e. The van der Waals surface area contributed by atoms with Gasteiger partial charge in [0.15, 0.2) is 17.3 Å². The summed E-state index contributed by atoms with van der Waals surface area (Å²) in [6.07, 6.45) is 0. The lowest BCUT2D eigenvalue weighted by atomic mass is 9.81. The van der Waals surface area contributed by atoms with Gasteiger partial charge >= 0.3 is 0 Å². The van der Waals surface area contributed by atoms with E-state index < -0.39 is 5.92 Å². The van der Waals surface area contributed by atoms with E-state index in [1.165, 1.54) is 20.1 Å². The monoisotopic (exact) mass is 300 g/mol. The minimum absolute atomic E-state index is 0.0259. The van der Waals surface area contributed by atoms with Gasteiger partial charge in [-0.1, -0.05) is 6.07 Å². The average Bonchev–Trinajstić information content (AvgIpc) is 2.46. The van der Waals surface area contributed by atoms with Crippen LogP contribution in [0, 0.1) is 11.3 Å². The molecule has 1 atom stereocenters. The lowest BCUT2D eigenvalue weighted by Gasteiger charge is -2.27. The number of ketones is 1. The first-order valence-electron chi connectivity index (χ1n) is 6.56. The number of ether oxygens (including phenoxy) is 2. The maximum Gasteiger partial charge on any atom is 0.205 e. The molecule has 0 aliphatic carbocycles. The van der Waals surface area contributed by atoms with Crippen LogP contribution < -0.4 is 10.5 Å². The number of nitriles is 1. The molecule has 6 heteroatoms. The Kier molecular flexibility index (Phi) is 4.08. The van der Waals surface area contributed by atoms with Crippen LogP contribution in [0.25, 0.3) is 0 Å². The Morgan fingerprint density at radius 3 is 2.73 bits per heavy atom. The van der Waals surface area contributed by atoms with Crippen molar-refractivity contribution in [1.29, 1.82) is 5.26 Å². The van der Waals surface area contributed by atoms with Gasteiger partial charge in [-0.05, 0) is 31.5 Å². The second kappa shape index (κ2) is 5.82. The number of phenolic OH excluding ortho intramolecular Hbond substituents is 1. The number of methoxy groups -OCH3 is 1. The van der Waals surface area contributed by atoms with E-state index in [0.717, 1.165) is 0 Å².